The SMILES string of the molecule is CCOc1cc(C(O)CO)n([C@@H]2O[C@H](CO[Si](C)(C)C(C)(C)C)[C@@H](O[Si](C)(C)C(C)(C)C)[C@H]2OC)c(=O)n1. The van der Waals surface area contributed by atoms with Crippen molar-refractivity contribution in [1.82, 2.24) is 9.55 Å². The van der Waals surface area contributed by atoms with E-state index in [1.807, 2.05) is 0 Å². The van der Waals surface area contributed by atoms with Gasteiger partial charge in [-0.3, -0.25) is 4.57 Å². The Morgan fingerprint density at radius 1 is 1.08 bits per heavy atom. The second kappa shape index (κ2) is 12.2. The van der Waals surface area contributed by atoms with Crippen LogP contribution in [0.3, 0.4) is 0 Å². The number of aliphatic hydroxyl groups is 2. The number of hydrogen-bond donors (Lipinski definition) is 2. The Hall–Kier alpha value is -1.13. The van der Waals surface area contributed by atoms with E-state index in [1.54, 1.807) is 14.0 Å². The van der Waals surface area contributed by atoms with Crippen LogP contribution < -0.4 is 10.4 Å². The molecule has 1 aliphatic heterocycles. The van der Waals surface area contributed by atoms with E-state index in [0.29, 0.717) is 6.61 Å². The van der Waals surface area contributed by atoms with Gasteiger partial charge in [-0.15, -0.1) is 0 Å². The summed E-state index contributed by atoms with van der Waals surface area (Å²) in [5.41, 5.74) is -0.553. The molecule has 1 aromatic rings. The van der Waals surface area contributed by atoms with Gasteiger partial charge in [0.1, 0.15) is 24.4 Å². The molecule has 2 rings (SSSR count). The van der Waals surface area contributed by atoms with Crippen LogP contribution >= 0.6 is 0 Å². The summed E-state index contributed by atoms with van der Waals surface area (Å²) in [6, 6.07) is 1.45. The minimum Gasteiger partial charge on any atom is -0.478 e. The number of nitrogens with zero attached hydrogens (tertiary/aromatic N) is 2. The maximum atomic E-state index is 13.3. The second-order valence-electron chi connectivity index (χ2n) is 13.0. The molecule has 0 aliphatic carbocycles. The number of rotatable bonds is 11. The first-order valence-electron chi connectivity index (χ1n) is 13.4. The van der Waals surface area contributed by atoms with E-state index in [9.17, 15) is 15.0 Å². The van der Waals surface area contributed by atoms with Crippen molar-refractivity contribution in [2.24, 2.45) is 0 Å². The van der Waals surface area contributed by atoms with Crippen molar-refractivity contribution in [3.8, 4) is 5.88 Å². The van der Waals surface area contributed by atoms with Crippen LogP contribution in [0.2, 0.25) is 36.3 Å². The molecule has 1 fully saturated rings. The molecule has 38 heavy (non-hydrogen) atoms. The van der Waals surface area contributed by atoms with E-state index < -0.39 is 59.6 Å². The standard InChI is InChI=1S/C26H50N2O8Si2/c1-13-33-20-14-17(18(30)15-29)28(24(31)27-20)23-22(32-8)21(36-38(11,12)26(5,6)7)19(35-23)16-34-37(9,10)25(2,3)4/h14,18-19,21-23,29-30H,13,15-16H2,1-12H3/t18?,19-,21-,22-,23-/m1/s1. The normalized spacial score (nSPS) is 24.1. The zero-order chi connectivity index (χ0) is 29.3. The molecule has 0 spiro atoms. The summed E-state index contributed by atoms with van der Waals surface area (Å²) in [5, 5.41) is 20.3. The summed E-state index contributed by atoms with van der Waals surface area (Å²) >= 11 is 0. The fourth-order valence-corrected chi connectivity index (χ4v) is 6.12. The lowest BCUT2D eigenvalue weighted by Crippen LogP contribution is -2.51. The predicted octanol–water partition coefficient (Wildman–Crippen LogP) is 3.99. The van der Waals surface area contributed by atoms with E-state index in [2.05, 4.69) is 72.7 Å². The summed E-state index contributed by atoms with van der Waals surface area (Å²) in [5.74, 6) is 0.0649. The van der Waals surface area contributed by atoms with Crippen LogP contribution in [0.1, 0.15) is 66.5 Å². The molecule has 10 nitrogen and oxygen atoms in total. The van der Waals surface area contributed by atoms with Crippen molar-refractivity contribution in [3.05, 3.63) is 22.2 Å². The molecule has 1 unspecified atom stereocenters. The average Bonchev–Trinajstić information content (AvgIpc) is 3.11. The highest BCUT2D eigenvalue weighted by atomic mass is 28.4. The van der Waals surface area contributed by atoms with Gasteiger partial charge < -0.3 is 33.3 Å². The van der Waals surface area contributed by atoms with Crippen molar-refractivity contribution >= 4 is 16.6 Å². The summed E-state index contributed by atoms with van der Waals surface area (Å²) in [6.45, 7) is 23.4. The first-order valence-corrected chi connectivity index (χ1v) is 19.2. The van der Waals surface area contributed by atoms with Gasteiger partial charge in [-0.25, -0.2) is 4.79 Å². The van der Waals surface area contributed by atoms with E-state index in [0.717, 1.165) is 0 Å². The number of methoxy groups -OCH3 is 1. The number of hydrogen-bond acceptors (Lipinski definition) is 9. The van der Waals surface area contributed by atoms with Crippen LogP contribution in [-0.2, 0) is 18.3 Å². The summed E-state index contributed by atoms with van der Waals surface area (Å²) in [7, 11) is -2.88. The maximum Gasteiger partial charge on any atom is 0.353 e. The van der Waals surface area contributed by atoms with E-state index in [-0.39, 0.29) is 28.3 Å². The molecule has 1 aliphatic rings. The molecule has 1 saturated heterocycles. The van der Waals surface area contributed by atoms with Crippen LogP contribution in [-0.4, -0.2) is 81.6 Å². The Kier molecular flexibility index (Phi) is 10.6. The molecule has 1 aromatic heterocycles. The molecule has 0 amide bonds. The van der Waals surface area contributed by atoms with Gasteiger partial charge in [0.2, 0.25) is 5.88 Å². The summed E-state index contributed by atoms with van der Waals surface area (Å²) < 4.78 is 32.5. The van der Waals surface area contributed by atoms with Gasteiger partial charge in [-0.05, 0) is 43.2 Å². The van der Waals surface area contributed by atoms with Crippen molar-refractivity contribution in [3.63, 3.8) is 0 Å². The Bertz CT molecular complexity index is 987. The van der Waals surface area contributed by atoms with Crippen molar-refractivity contribution in [1.29, 1.82) is 0 Å². The largest absolute Gasteiger partial charge is 0.478 e. The molecule has 0 bridgehead atoms. The first kappa shape index (κ1) is 33.1. The highest BCUT2D eigenvalue weighted by Gasteiger charge is 2.52. The third-order valence-corrected chi connectivity index (χ3v) is 17.2. The fourth-order valence-electron chi connectivity index (χ4n) is 3.78. The third-order valence-electron chi connectivity index (χ3n) is 8.23. The van der Waals surface area contributed by atoms with Gasteiger partial charge in [0.15, 0.2) is 22.9 Å². The summed E-state index contributed by atoms with van der Waals surface area (Å²) in [6.07, 6.45) is -4.08. The predicted molar refractivity (Wildman–Crippen MR) is 152 cm³/mol. The lowest BCUT2D eigenvalue weighted by molar-refractivity contribution is -0.0664. The van der Waals surface area contributed by atoms with Gasteiger partial charge in [0.05, 0.1) is 25.5 Å². The van der Waals surface area contributed by atoms with Gasteiger partial charge in [-0.2, -0.15) is 4.98 Å². The van der Waals surface area contributed by atoms with Gasteiger partial charge >= 0.3 is 5.69 Å². The molecular formula is C26H50N2O8Si2. The molecule has 0 aromatic carbocycles. The molecule has 2 N–H and O–H groups in total. The third kappa shape index (κ3) is 7.14. The second-order valence-corrected chi connectivity index (χ2v) is 22.5. The number of ether oxygens (including phenoxy) is 3. The van der Waals surface area contributed by atoms with Crippen LogP contribution in [0.5, 0.6) is 5.88 Å². The number of aromatic nitrogens is 2. The zero-order valence-electron chi connectivity index (χ0n) is 25.3. The Morgan fingerprint density at radius 3 is 2.13 bits per heavy atom. The average molecular weight is 575 g/mol. The quantitative estimate of drug-likeness (QED) is 0.378. The minimum absolute atomic E-state index is 0.00415. The Balaban J connectivity index is 2.61. The Morgan fingerprint density at radius 2 is 1.66 bits per heavy atom. The van der Waals surface area contributed by atoms with Crippen LogP contribution in [0.15, 0.2) is 10.9 Å². The molecule has 12 heteroatoms. The highest BCUT2D eigenvalue weighted by molar-refractivity contribution is 6.74. The van der Waals surface area contributed by atoms with Crippen LogP contribution in [0, 0.1) is 0 Å². The monoisotopic (exact) mass is 574 g/mol. The number of aliphatic hydroxyl groups excluding tert-OH is 2. The Labute approximate surface area is 229 Å². The van der Waals surface area contributed by atoms with E-state index in [1.165, 1.54) is 10.6 Å². The van der Waals surface area contributed by atoms with E-state index in [4.69, 9.17) is 23.1 Å². The topological polar surface area (TPSA) is 122 Å². The lowest BCUT2D eigenvalue weighted by atomic mass is 10.1. The summed E-state index contributed by atoms with van der Waals surface area (Å²) in [4.78, 5) is 17.3. The minimum atomic E-state index is -2.30. The fraction of sp³-hybridized carbons (Fsp3) is 0.846. The molecule has 220 valence electrons. The maximum absolute atomic E-state index is 13.3. The highest BCUT2D eigenvalue weighted by Crippen LogP contribution is 2.43. The molecular weight excluding hydrogens is 524 g/mol. The molecule has 5 atom stereocenters. The van der Waals surface area contributed by atoms with E-state index >= 15 is 0 Å². The first-order chi connectivity index (χ1) is 17.3. The molecule has 0 saturated carbocycles. The van der Waals surface area contributed by atoms with Gasteiger partial charge in [0.25, 0.3) is 0 Å². The smallest absolute Gasteiger partial charge is 0.353 e. The van der Waals surface area contributed by atoms with Gasteiger partial charge in [0, 0.05) is 13.2 Å². The van der Waals surface area contributed by atoms with Crippen molar-refractivity contribution < 1.29 is 33.3 Å². The molecule has 0 radical (unpaired) electrons. The molecule has 2 heterocycles. The lowest BCUT2D eigenvalue weighted by Gasteiger charge is -2.41. The van der Waals surface area contributed by atoms with Crippen LogP contribution in [0.25, 0.3) is 0 Å². The van der Waals surface area contributed by atoms with Gasteiger partial charge in [-0.1, -0.05) is 41.5 Å². The zero-order valence-corrected chi connectivity index (χ0v) is 27.3. The van der Waals surface area contributed by atoms with Crippen molar-refractivity contribution in [2.75, 3.05) is 26.9 Å². The van der Waals surface area contributed by atoms with Crippen molar-refractivity contribution in [2.45, 2.75) is 115 Å². The van der Waals surface area contributed by atoms with Crippen LogP contribution in [0.4, 0.5) is 0 Å².